The lowest BCUT2D eigenvalue weighted by molar-refractivity contribution is 1.02. The van der Waals surface area contributed by atoms with E-state index in [1.165, 1.54) is 0 Å². The van der Waals surface area contributed by atoms with E-state index < -0.39 is 0 Å². The lowest BCUT2D eigenvalue weighted by Crippen LogP contribution is -1.87. The van der Waals surface area contributed by atoms with E-state index in [-0.39, 0.29) is 0 Å². The van der Waals surface area contributed by atoms with Crippen LogP contribution in [-0.4, -0.2) is 0 Å². The van der Waals surface area contributed by atoms with Gasteiger partial charge < -0.3 is 0 Å². The highest BCUT2D eigenvalue weighted by Gasteiger charge is 1.94. The maximum atomic E-state index is 3.51. The summed E-state index contributed by atoms with van der Waals surface area (Å²) in [4.78, 5) is 0. The summed E-state index contributed by atoms with van der Waals surface area (Å²) in [7, 11) is 0. The summed E-state index contributed by atoms with van der Waals surface area (Å²) in [5, 5.41) is 0. The molecule has 0 heteroatoms. The molecule has 9 heavy (non-hydrogen) atoms. The van der Waals surface area contributed by atoms with E-state index in [1.54, 1.807) is 0 Å². The van der Waals surface area contributed by atoms with Crippen molar-refractivity contribution in [3.05, 3.63) is 42.7 Å². The molecule has 0 atom stereocenters. The number of hydrogen-bond donors (Lipinski definition) is 0. The van der Waals surface area contributed by atoms with E-state index in [0.29, 0.717) is 5.92 Å². The Morgan fingerprint density at radius 2 is 2.11 bits per heavy atom. The molecule has 0 aromatic heterocycles. The molecule has 0 radical (unpaired) electrons. The maximum absolute atomic E-state index is 3.51. The van der Waals surface area contributed by atoms with Crippen LogP contribution >= 0.6 is 0 Å². The zero-order valence-electron chi connectivity index (χ0n) is 5.38. The molecule has 0 heterocycles. The van der Waals surface area contributed by atoms with E-state index in [4.69, 9.17) is 0 Å². The van der Waals surface area contributed by atoms with Gasteiger partial charge in [-0.15, -0.1) is 5.73 Å². The second kappa shape index (κ2) is 3.11. The third-order valence-corrected chi connectivity index (χ3v) is 1.30. The number of rotatable bonds is 1. The first-order valence-corrected chi connectivity index (χ1v) is 3.13. The van der Waals surface area contributed by atoms with Gasteiger partial charge in [-0.05, 0) is 12.5 Å². The van der Waals surface area contributed by atoms with Crippen molar-refractivity contribution in [3.63, 3.8) is 0 Å². The van der Waals surface area contributed by atoms with Crippen LogP contribution in [0, 0.1) is 5.92 Å². The molecule has 1 rings (SSSR count). The lowest BCUT2D eigenvalue weighted by Gasteiger charge is -2.01. The standard InChI is InChI=1S/C9H10/c1-2-6-9-7-4-3-5-8-9/h4-9H,1,3H2. The van der Waals surface area contributed by atoms with Crippen LogP contribution in [0.3, 0.4) is 0 Å². The molecule has 46 valence electrons. The zero-order chi connectivity index (χ0) is 6.53. The van der Waals surface area contributed by atoms with Crippen LogP contribution in [0.4, 0.5) is 0 Å². The van der Waals surface area contributed by atoms with Crippen LogP contribution in [0.2, 0.25) is 0 Å². The van der Waals surface area contributed by atoms with Crippen molar-refractivity contribution in [3.8, 4) is 0 Å². The van der Waals surface area contributed by atoms with Gasteiger partial charge in [0.1, 0.15) is 0 Å². The Morgan fingerprint density at radius 1 is 1.44 bits per heavy atom. The summed E-state index contributed by atoms with van der Waals surface area (Å²) < 4.78 is 0. The quantitative estimate of drug-likeness (QED) is 0.366. The van der Waals surface area contributed by atoms with Gasteiger partial charge in [-0.1, -0.05) is 30.9 Å². The first-order valence-electron chi connectivity index (χ1n) is 3.13. The predicted octanol–water partition coefficient (Wildman–Crippen LogP) is 2.46. The summed E-state index contributed by atoms with van der Waals surface area (Å²) in [6.45, 7) is 3.51. The molecule has 0 spiro atoms. The van der Waals surface area contributed by atoms with Crippen molar-refractivity contribution in [1.82, 2.24) is 0 Å². The van der Waals surface area contributed by atoms with Crippen LogP contribution in [-0.2, 0) is 0 Å². The Hall–Kier alpha value is -1.00. The topological polar surface area (TPSA) is 0 Å². The monoisotopic (exact) mass is 118 g/mol. The van der Waals surface area contributed by atoms with Crippen LogP contribution in [0.5, 0.6) is 0 Å². The van der Waals surface area contributed by atoms with Crippen molar-refractivity contribution >= 4 is 0 Å². The van der Waals surface area contributed by atoms with Crippen molar-refractivity contribution in [2.75, 3.05) is 0 Å². The average Bonchev–Trinajstić information content (AvgIpc) is 1.91. The van der Waals surface area contributed by atoms with Gasteiger partial charge in [-0.25, -0.2) is 0 Å². The minimum atomic E-state index is 0.441. The minimum Gasteiger partial charge on any atom is -0.132 e. The Labute approximate surface area is 55.9 Å². The first kappa shape index (κ1) is 6.12. The molecule has 0 aromatic rings. The molecule has 0 unspecified atom stereocenters. The van der Waals surface area contributed by atoms with Crippen LogP contribution in [0.1, 0.15) is 6.42 Å². The Morgan fingerprint density at radius 3 is 2.67 bits per heavy atom. The summed E-state index contributed by atoms with van der Waals surface area (Å²) in [6, 6.07) is 0. The molecule has 0 nitrogen and oxygen atoms in total. The fourth-order valence-electron chi connectivity index (χ4n) is 0.861. The highest BCUT2D eigenvalue weighted by molar-refractivity contribution is 5.14. The van der Waals surface area contributed by atoms with E-state index >= 15 is 0 Å². The fourth-order valence-corrected chi connectivity index (χ4v) is 0.861. The van der Waals surface area contributed by atoms with Crippen molar-refractivity contribution in [2.45, 2.75) is 6.42 Å². The molecule has 0 aromatic carbocycles. The van der Waals surface area contributed by atoms with Gasteiger partial charge in [0.05, 0.1) is 0 Å². The summed E-state index contributed by atoms with van der Waals surface area (Å²) in [5.74, 6) is 0.441. The van der Waals surface area contributed by atoms with Gasteiger partial charge in [-0.3, -0.25) is 0 Å². The van der Waals surface area contributed by atoms with Gasteiger partial charge in [0.15, 0.2) is 0 Å². The van der Waals surface area contributed by atoms with Crippen molar-refractivity contribution in [1.29, 1.82) is 0 Å². The highest BCUT2D eigenvalue weighted by Crippen LogP contribution is 2.08. The predicted molar refractivity (Wildman–Crippen MR) is 40.1 cm³/mol. The number of hydrogen-bond acceptors (Lipinski definition) is 0. The van der Waals surface area contributed by atoms with Gasteiger partial charge in [-0.2, -0.15) is 0 Å². The molecule has 0 saturated heterocycles. The molecule has 0 fully saturated rings. The Kier molecular flexibility index (Phi) is 2.12. The van der Waals surface area contributed by atoms with Gasteiger partial charge >= 0.3 is 0 Å². The molecular weight excluding hydrogens is 108 g/mol. The smallest absolute Gasteiger partial charge is 0.0203 e. The van der Waals surface area contributed by atoms with Gasteiger partial charge in [0.25, 0.3) is 0 Å². The molecule has 1 aliphatic carbocycles. The number of allylic oxidation sites excluding steroid dienone is 5. The molecule has 0 bridgehead atoms. The maximum Gasteiger partial charge on any atom is 0.0203 e. The second-order valence-electron chi connectivity index (χ2n) is 2.04. The Bertz CT molecular complexity index is 166. The van der Waals surface area contributed by atoms with Crippen molar-refractivity contribution in [2.24, 2.45) is 5.92 Å². The summed E-state index contributed by atoms with van der Waals surface area (Å²) in [6.07, 6.45) is 11.6. The van der Waals surface area contributed by atoms with E-state index in [0.717, 1.165) is 6.42 Å². The normalized spacial score (nSPS) is 17.3. The lowest BCUT2D eigenvalue weighted by atomic mass is 10.0. The van der Waals surface area contributed by atoms with E-state index in [2.05, 4.69) is 36.6 Å². The molecule has 0 aliphatic heterocycles. The van der Waals surface area contributed by atoms with E-state index in [1.807, 2.05) is 6.08 Å². The SMILES string of the molecule is C=C=CC1C=CCC=C1. The fraction of sp³-hybridized carbons (Fsp3) is 0.222. The third-order valence-electron chi connectivity index (χ3n) is 1.30. The molecule has 0 saturated carbocycles. The first-order chi connectivity index (χ1) is 4.43. The van der Waals surface area contributed by atoms with Gasteiger partial charge in [0, 0.05) is 5.92 Å². The Balaban J connectivity index is 2.59. The van der Waals surface area contributed by atoms with Gasteiger partial charge in [0.2, 0.25) is 0 Å². The summed E-state index contributed by atoms with van der Waals surface area (Å²) >= 11 is 0. The highest BCUT2D eigenvalue weighted by atomic mass is 14.0. The minimum absolute atomic E-state index is 0.441. The second-order valence-corrected chi connectivity index (χ2v) is 2.04. The largest absolute Gasteiger partial charge is 0.132 e. The van der Waals surface area contributed by atoms with Crippen molar-refractivity contribution < 1.29 is 0 Å². The molecule has 1 aliphatic rings. The summed E-state index contributed by atoms with van der Waals surface area (Å²) in [5.41, 5.74) is 2.76. The molecule has 0 N–H and O–H groups in total. The van der Waals surface area contributed by atoms with E-state index in [9.17, 15) is 0 Å². The third kappa shape index (κ3) is 1.75. The molecular formula is C9H10. The van der Waals surface area contributed by atoms with Crippen LogP contribution in [0.25, 0.3) is 0 Å². The average molecular weight is 118 g/mol. The zero-order valence-corrected chi connectivity index (χ0v) is 5.38. The van der Waals surface area contributed by atoms with Crippen LogP contribution in [0.15, 0.2) is 42.7 Å². The van der Waals surface area contributed by atoms with Crippen LogP contribution < -0.4 is 0 Å². The molecule has 0 amide bonds.